The molecule has 5 rings (SSSR count). The van der Waals surface area contributed by atoms with E-state index in [4.69, 9.17) is 4.74 Å². The van der Waals surface area contributed by atoms with Crippen LogP contribution in [0.15, 0.2) is 23.1 Å². The number of ether oxygens (including phenoxy) is 1. The lowest BCUT2D eigenvalue weighted by molar-refractivity contribution is -0.126. The van der Waals surface area contributed by atoms with Gasteiger partial charge in [-0.1, -0.05) is 0 Å². The smallest absolute Gasteiger partial charge is 0.243 e. The molecular weight excluding hydrogens is 442 g/mol. The Labute approximate surface area is 195 Å². The van der Waals surface area contributed by atoms with E-state index in [2.05, 4.69) is 5.32 Å². The standard InChI is InChI=1S/C24H33N3O5S/c1-16-13-19-14-21(6-7-22(19)27(16)24(29)18-4-5-18)33(30,31)26-10-8-17(9-11-26)23(28)25-15-20-3-2-12-32-20/h6-7,14,16-18,20H,2-5,8-13,15H2,1H3,(H,25,28). The van der Waals surface area contributed by atoms with Gasteiger partial charge in [-0.25, -0.2) is 8.42 Å². The Morgan fingerprint density at radius 3 is 2.52 bits per heavy atom. The number of hydrogen-bond acceptors (Lipinski definition) is 5. The summed E-state index contributed by atoms with van der Waals surface area (Å²) in [6.45, 7) is 3.97. The molecule has 4 aliphatic rings. The van der Waals surface area contributed by atoms with Gasteiger partial charge in [-0.3, -0.25) is 9.59 Å². The van der Waals surface area contributed by atoms with Gasteiger partial charge in [0.15, 0.2) is 0 Å². The first kappa shape index (κ1) is 22.8. The minimum absolute atomic E-state index is 0.00510. The fourth-order valence-electron chi connectivity index (χ4n) is 5.30. The zero-order valence-electron chi connectivity index (χ0n) is 19.2. The number of amides is 2. The number of carbonyl (C=O) groups is 2. The molecule has 2 unspecified atom stereocenters. The molecule has 8 nitrogen and oxygen atoms in total. The normalized spacial score (nSPS) is 26.4. The summed E-state index contributed by atoms with van der Waals surface area (Å²) in [6.07, 6.45) is 5.72. The summed E-state index contributed by atoms with van der Waals surface area (Å²) >= 11 is 0. The molecule has 0 bridgehead atoms. The summed E-state index contributed by atoms with van der Waals surface area (Å²) in [5, 5.41) is 2.97. The third-order valence-corrected chi connectivity index (χ3v) is 9.32. The van der Waals surface area contributed by atoms with Gasteiger partial charge >= 0.3 is 0 Å². The number of benzene rings is 1. The average Bonchev–Trinajstić information content (AvgIpc) is 3.43. The van der Waals surface area contributed by atoms with Crippen LogP contribution in [0.1, 0.15) is 51.0 Å². The highest BCUT2D eigenvalue weighted by molar-refractivity contribution is 7.89. The zero-order chi connectivity index (χ0) is 23.2. The molecule has 3 aliphatic heterocycles. The van der Waals surface area contributed by atoms with Crippen molar-refractivity contribution in [1.29, 1.82) is 0 Å². The molecule has 1 aromatic rings. The van der Waals surface area contributed by atoms with Gasteiger partial charge in [-0.15, -0.1) is 0 Å². The summed E-state index contributed by atoms with van der Waals surface area (Å²) in [6, 6.07) is 5.20. The van der Waals surface area contributed by atoms with E-state index in [0.717, 1.165) is 43.5 Å². The molecule has 0 radical (unpaired) electrons. The second-order valence-corrected chi connectivity index (χ2v) is 11.8. The molecule has 9 heteroatoms. The number of rotatable bonds is 6. The van der Waals surface area contributed by atoms with Crippen molar-refractivity contribution >= 4 is 27.5 Å². The lowest BCUT2D eigenvalue weighted by Crippen LogP contribution is -2.44. The first-order chi connectivity index (χ1) is 15.8. The predicted molar refractivity (Wildman–Crippen MR) is 123 cm³/mol. The molecule has 3 heterocycles. The monoisotopic (exact) mass is 475 g/mol. The maximum absolute atomic E-state index is 13.3. The Balaban J connectivity index is 1.21. The molecule has 1 N–H and O–H groups in total. The molecule has 0 aromatic heterocycles. The second kappa shape index (κ2) is 9.00. The van der Waals surface area contributed by atoms with E-state index in [9.17, 15) is 18.0 Å². The van der Waals surface area contributed by atoms with Gasteiger partial charge in [0.2, 0.25) is 21.8 Å². The maximum Gasteiger partial charge on any atom is 0.243 e. The van der Waals surface area contributed by atoms with Gasteiger partial charge in [-0.2, -0.15) is 4.31 Å². The Morgan fingerprint density at radius 2 is 1.85 bits per heavy atom. The van der Waals surface area contributed by atoms with Crippen molar-refractivity contribution in [3.8, 4) is 0 Å². The van der Waals surface area contributed by atoms with E-state index in [-0.39, 0.29) is 40.7 Å². The second-order valence-electron chi connectivity index (χ2n) is 9.88. The number of carbonyl (C=O) groups excluding carboxylic acids is 2. The number of anilines is 1. The zero-order valence-corrected chi connectivity index (χ0v) is 20.0. The van der Waals surface area contributed by atoms with E-state index in [0.29, 0.717) is 38.9 Å². The fraction of sp³-hybridized carbons (Fsp3) is 0.667. The topological polar surface area (TPSA) is 96.0 Å². The van der Waals surface area contributed by atoms with Gasteiger partial charge in [-0.05, 0) is 75.6 Å². The SMILES string of the molecule is CC1Cc2cc(S(=O)(=O)N3CCC(C(=O)NCC4CCCO4)CC3)ccc2N1C(=O)C1CC1. The van der Waals surface area contributed by atoms with Crippen LogP contribution in [0.25, 0.3) is 0 Å². The van der Waals surface area contributed by atoms with Crippen molar-refractivity contribution in [3.05, 3.63) is 23.8 Å². The summed E-state index contributed by atoms with van der Waals surface area (Å²) in [5.74, 6) is 0.123. The van der Waals surface area contributed by atoms with Crippen LogP contribution in [0.4, 0.5) is 5.69 Å². The van der Waals surface area contributed by atoms with Crippen LogP contribution in [-0.2, 0) is 30.8 Å². The van der Waals surface area contributed by atoms with Gasteiger partial charge in [0.1, 0.15) is 0 Å². The summed E-state index contributed by atoms with van der Waals surface area (Å²) in [7, 11) is -3.64. The van der Waals surface area contributed by atoms with E-state index in [1.807, 2.05) is 11.8 Å². The van der Waals surface area contributed by atoms with Crippen LogP contribution in [-0.4, -0.2) is 62.9 Å². The molecule has 1 aliphatic carbocycles. The van der Waals surface area contributed by atoms with Crippen LogP contribution in [0.3, 0.4) is 0 Å². The summed E-state index contributed by atoms with van der Waals surface area (Å²) in [4.78, 5) is 27.3. The molecule has 180 valence electrons. The van der Waals surface area contributed by atoms with E-state index < -0.39 is 10.0 Å². The fourth-order valence-corrected chi connectivity index (χ4v) is 6.82. The van der Waals surface area contributed by atoms with Crippen molar-refractivity contribution in [2.45, 2.75) is 68.9 Å². The van der Waals surface area contributed by atoms with Crippen molar-refractivity contribution in [2.75, 3.05) is 31.1 Å². The Morgan fingerprint density at radius 1 is 1.09 bits per heavy atom. The van der Waals surface area contributed by atoms with Crippen LogP contribution in [0.5, 0.6) is 0 Å². The van der Waals surface area contributed by atoms with Gasteiger partial charge < -0.3 is 15.0 Å². The van der Waals surface area contributed by atoms with E-state index in [1.165, 1.54) is 4.31 Å². The van der Waals surface area contributed by atoms with Crippen molar-refractivity contribution in [2.24, 2.45) is 11.8 Å². The third-order valence-electron chi connectivity index (χ3n) is 7.42. The number of sulfonamides is 1. The quantitative estimate of drug-likeness (QED) is 0.680. The highest BCUT2D eigenvalue weighted by atomic mass is 32.2. The molecule has 33 heavy (non-hydrogen) atoms. The lowest BCUT2D eigenvalue weighted by atomic mass is 9.97. The van der Waals surface area contributed by atoms with Crippen molar-refractivity contribution < 1.29 is 22.7 Å². The molecule has 2 saturated heterocycles. The number of nitrogens with one attached hydrogen (secondary N) is 1. The summed E-state index contributed by atoms with van der Waals surface area (Å²) < 4.78 is 33.7. The molecule has 1 aromatic carbocycles. The predicted octanol–water partition coefficient (Wildman–Crippen LogP) is 2.07. The Kier molecular flexibility index (Phi) is 6.22. The number of piperidine rings is 1. The highest BCUT2D eigenvalue weighted by Crippen LogP contribution is 2.40. The molecule has 3 fully saturated rings. The minimum Gasteiger partial charge on any atom is -0.376 e. The van der Waals surface area contributed by atoms with Crippen molar-refractivity contribution in [1.82, 2.24) is 9.62 Å². The minimum atomic E-state index is -3.64. The largest absolute Gasteiger partial charge is 0.376 e. The molecular formula is C24H33N3O5S. The lowest BCUT2D eigenvalue weighted by Gasteiger charge is -2.31. The van der Waals surface area contributed by atoms with E-state index >= 15 is 0 Å². The van der Waals surface area contributed by atoms with Crippen LogP contribution < -0.4 is 10.2 Å². The van der Waals surface area contributed by atoms with Gasteiger partial charge in [0.05, 0.1) is 11.0 Å². The Bertz CT molecular complexity index is 1020. The van der Waals surface area contributed by atoms with E-state index in [1.54, 1.807) is 18.2 Å². The van der Waals surface area contributed by atoms with Crippen LogP contribution >= 0.6 is 0 Å². The molecule has 1 saturated carbocycles. The number of nitrogens with zero attached hydrogens (tertiary/aromatic N) is 2. The first-order valence-electron chi connectivity index (χ1n) is 12.2. The van der Waals surface area contributed by atoms with Gasteiger partial charge in [0.25, 0.3) is 0 Å². The van der Waals surface area contributed by atoms with Gasteiger partial charge in [0, 0.05) is 49.8 Å². The third kappa shape index (κ3) is 4.55. The van der Waals surface area contributed by atoms with Crippen molar-refractivity contribution in [3.63, 3.8) is 0 Å². The maximum atomic E-state index is 13.3. The highest BCUT2D eigenvalue weighted by Gasteiger charge is 2.40. The van der Waals surface area contributed by atoms with Crippen LogP contribution in [0.2, 0.25) is 0 Å². The number of fused-ring (bicyclic) bond motifs is 1. The first-order valence-corrected chi connectivity index (χ1v) is 13.6. The number of hydrogen-bond donors (Lipinski definition) is 1. The molecule has 2 atom stereocenters. The van der Waals surface area contributed by atoms with Crippen LogP contribution in [0, 0.1) is 11.8 Å². The summed E-state index contributed by atoms with van der Waals surface area (Å²) in [5.41, 5.74) is 1.76. The Hall–Kier alpha value is -1.97. The average molecular weight is 476 g/mol. The molecule has 0 spiro atoms. The molecule has 2 amide bonds.